The van der Waals surface area contributed by atoms with Gasteiger partial charge in [0, 0.05) is 18.7 Å². The van der Waals surface area contributed by atoms with Crippen LogP contribution in [-0.4, -0.2) is 44.1 Å². The molecule has 3 saturated heterocycles. The number of amides is 1. The topological polar surface area (TPSA) is 54.7 Å². The van der Waals surface area contributed by atoms with Crippen LogP contribution in [0.4, 0.5) is 0 Å². The molecule has 1 aromatic heterocycles. The molecule has 3 aliphatic rings. The summed E-state index contributed by atoms with van der Waals surface area (Å²) in [5.74, 6) is 3.40. The number of benzene rings is 1. The summed E-state index contributed by atoms with van der Waals surface area (Å²) < 4.78 is 11.1. The zero-order valence-corrected chi connectivity index (χ0v) is 15.5. The van der Waals surface area contributed by atoms with Gasteiger partial charge in [-0.3, -0.25) is 4.79 Å². The fourth-order valence-electron chi connectivity index (χ4n) is 4.26. The first-order valence-corrected chi connectivity index (χ1v) is 9.39. The highest BCUT2D eigenvalue weighted by atomic mass is 16.5. The summed E-state index contributed by atoms with van der Waals surface area (Å²) in [5, 5.41) is 3.13. The van der Waals surface area contributed by atoms with Gasteiger partial charge in [0.2, 0.25) is 0 Å². The van der Waals surface area contributed by atoms with E-state index < -0.39 is 0 Å². The summed E-state index contributed by atoms with van der Waals surface area (Å²) in [6, 6.07) is 9.50. The van der Waals surface area contributed by atoms with Gasteiger partial charge in [0.15, 0.2) is 0 Å². The van der Waals surface area contributed by atoms with Crippen molar-refractivity contribution in [3.05, 3.63) is 41.7 Å². The van der Waals surface area contributed by atoms with Gasteiger partial charge in [-0.15, -0.1) is 0 Å². The molecule has 2 aromatic rings. The first kappa shape index (κ1) is 17.2. The number of fused-ring (bicyclic) bond motifs is 3. The minimum Gasteiger partial charge on any atom is -0.497 e. The molecule has 2 bridgehead atoms. The van der Waals surface area contributed by atoms with Crippen LogP contribution in [0.1, 0.15) is 29.0 Å². The number of hydrogen-bond donors (Lipinski definition) is 1. The molecule has 0 radical (unpaired) electrons. The number of carbonyl (C=O) groups excluding carboxylic acids is 1. The van der Waals surface area contributed by atoms with E-state index in [1.54, 1.807) is 7.11 Å². The van der Waals surface area contributed by atoms with Crippen molar-refractivity contribution < 1.29 is 13.9 Å². The summed E-state index contributed by atoms with van der Waals surface area (Å²) >= 11 is 0. The van der Waals surface area contributed by atoms with E-state index in [0.717, 1.165) is 30.3 Å². The summed E-state index contributed by atoms with van der Waals surface area (Å²) in [7, 11) is 1.64. The van der Waals surface area contributed by atoms with Gasteiger partial charge in [0.25, 0.3) is 5.91 Å². The Morgan fingerprint density at radius 2 is 2.12 bits per heavy atom. The molecule has 0 aliphatic carbocycles. The second-order valence-corrected chi connectivity index (χ2v) is 7.42. The monoisotopic (exact) mass is 354 g/mol. The molecule has 3 fully saturated rings. The molecule has 5 heteroatoms. The highest BCUT2D eigenvalue weighted by molar-refractivity contribution is 5.96. The normalized spacial score (nSPS) is 24.5. The van der Waals surface area contributed by atoms with Crippen molar-refractivity contribution in [1.82, 2.24) is 10.2 Å². The second-order valence-electron chi connectivity index (χ2n) is 7.42. The predicted molar refractivity (Wildman–Crippen MR) is 100 cm³/mol. The third kappa shape index (κ3) is 3.36. The molecule has 138 valence electrons. The minimum absolute atomic E-state index is 0.0446. The quantitative estimate of drug-likeness (QED) is 0.895. The van der Waals surface area contributed by atoms with Crippen molar-refractivity contribution in [1.29, 1.82) is 0 Å². The van der Waals surface area contributed by atoms with Crippen molar-refractivity contribution in [2.24, 2.45) is 11.8 Å². The highest BCUT2D eigenvalue weighted by Gasteiger charge is 2.34. The second kappa shape index (κ2) is 7.16. The summed E-state index contributed by atoms with van der Waals surface area (Å²) in [5.41, 5.74) is 1.52. The standard InChI is InChI=1S/C21H26N2O3/c1-14-19(11-20(26-14)16-4-3-5-18(10-16)25-2)21(24)22-12-17-13-23-8-6-15(17)7-9-23/h3-5,10-11,15,17H,6-9,12-13H2,1-2H3,(H,22,24). The van der Waals surface area contributed by atoms with E-state index in [9.17, 15) is 4.79 Å². The lowest BCUT2D eigenvalue weighted by atomic mass is 9.79. The third-order valence-corrected chi connectivity index (χ3v) is 5.83. The minimum atomic E-state index is -0.0446. The number of rotatable bonds is 5. The van der Waals surface area contributed by atoms with Crippen LogP contribution in [0.5, 0.6) is 5.75 Å². The van der Waals surface area contributed by atoms with Crippen LogP contribution >= 0.6 is 0 Å². The Labute approximate surface area is 154 Å². The number of furan rings is 1. The van der Waals surface area contributed by atoms with E-state index in [1.807, 2.05) is 37.3 Å². The van der Waals surface area contributed by atoms with Crippen molar-refractivity contribution >= 4 is 5.91 Å². The molecular weight excluding hydrogens is 328 g/mol. The van der Waals surface area contributed by atoms with Gasteiger partial charge in [-0.05, 0) is 62.9 Å². The van der Waals surface area contributed by atoms with Gasteiger partial charge < -0.3 is 19.4 Å². The smallest absolute Gasteiger partial charge is 0.254 e. The number of ether oxygens (including phenoxy) is 1. The number of hydrogen-bond acceptors (Lipinski definition) is 4. The van der Waals surface area contributed by atoms with Gasteiger partial charge in [0.05, 0.1) is 12.7 Å². The van der Waals surface area contributed by atoms with E-state index in [4.69, 9.17) is 9.15 Å². The Balaban J connectivity index is 1.44. The van der Waals surface area contributed by atoms with Gasteiger partial charge in [-0.1, -0.05) is 12.1 Å². The molecule has 0 spiro atoms. The van der Waals surface area contributed by atoms with Crippen LogP contribution in [0.2, 0.25) is 0 Å². The number of aryl methyl sites for hydroxylation is 1. The molecule has 4 heterocycles. The van der Waals surface area contributed by atoms with Crippen LogP contribution < -0.4 is 10.1 Å². The molecule has 5 rings (SSSR count). The average molecular weight is 354 g/mol. The van der Waals surface area contributed by atoms with Crippen LogP contribution in [0.3, 0.4) is 0 Å². The lowest BCUT2D eigenvalue weighted by molar-refractivity contribution is 0.0496. The molecule has 1 atom stereocenters. The van der Waals surface area contributed by atoms with Gasteiger partial charge in [0.1, 0.15) is 17.3 Å². The molecule has 3 aliphatic heterocycles. The van der Waals surface area contributed by atoms with Crippen molar-refractivity contribution in [2.75, 3.05) is 33.3 Å². The van der Waals surface area contributed by atoms with E-state index in [1.165, 1.54) is 25.9 Å². The van der Waals surface area contributed by atoms with Gasteiger partial charge in [-0.2, -0.15) is 0 Å². The fourth-order valence-corrected chi connectivity index (χ4v) is 4.26. The number of methoxy groups -OCH3 is 1. The first-order valence-electron chi connectivity index (χ1n) is 9.39. The highest BCUT2D eigenvalue weighted by Crippen LogP contribution is 2.32. The maximum absolute atomic E-state index is 12.7. The van der Waals surface area contributed by atoms with E-state index in [2.05, 4.69) is 10.2 Å². The lowest BCUT2D eigenvalue weighted by Crippen LogP contribution is -2.50. The molecule has 1 aromatic carbocycles. The Morgan fingerprint density at radius 3 is 2.81 bits per heavy atom. The predicted octanol–water partition coefficient (Wildman–Crippen LogP) is 3.34. The summed E-state index contributed by atoms with van der Waals surface area (Å²) in [6.07, 6.45) is 2.54. The molecule has 26 heavy (non-hydrogen) atoms. The SMILES string of the molecule is COc1cccc(-c2cc(C(=O)NCC3CN4CCC3CC4)c(C)o2)c1. The number of carbonyl (C=O) groups is 1. The largest absolute Gasteiger partial charge is 0.497 e. The van der Waals surface area contributed by atoms with E-state index >= 15 is 0 Å². The molecular formula is C21H26N2O3. The fraction of sp³-hybridized carbons (Fsp3) is 0.476. The Kier molecular flexibility index (Phi) is 4.72. The number of nitrogens with zero attached hydrogens (tertiary/aromatic N) is 1. The Morgan fingerprint density at radius 1 is 1.31 bits per heavy atom. The van der Waals surface area contributed by atoms with Gasteiger partial charge in [-0.25, -0.2) is 0 Å². The van der Waals surface area contributed by atoms with Crippen LogP contribution in [0.25, 0.3) is 11.3 Å². The zero-order chi connectivity index (χ0) is 18.1. The first-order chi connectivity index (χ1) is 12.6. The van der Waals surface area contributed by atoms with Crippen molar-refractivity contribution in [2.45, 2.75) is 19.8 Å². The molecule has 1 amide bonds. The van der Waals surface area contributed by atoms with Crippen molar-refractivity contribution in [3.8, 4) is 17.1 Å². The Bertz CT molecular complexity index is 790. The van der Waals surface area contributed by atoms with E-state index in [-0.39, 0.29) is 5.91 Å². The molecule has 5 nitrogen and oxygen atoms in total. The maximum atomic E-state index is 12.7. The molecule has 1 N–H and O–H groups in total. The van der Waals surface area contributed by atoms with Crippen LogP contribution in [-0.2, 0) is 0 Å². The summed E-state index contributed by atoms with van der Waals surface area (Å²) in [4.78, 5) is 15.2. The van der Waals surface area contributed by atoms with E-state index in [0.29, 0.717) is 23.0 Å². The lowest BCUT2D eigenvalue weighted by Gasteiger charge is -2.44. The maximum Gasteiger partial charge on any atom is 0.254 e. The Hall–Kier alpha value is -2.27. The molecule has 0 saturated carbocycles. The number of nitrogens with one attached hydrogen (secondary N) is 1. The van der Waals surface area contributed by atoms with Gasteiger partial charge >= 0.3 is 0 Å². The van der Waals surface area contributed by atoms with Crippen LogP contribution in [0.15, 0.2) is 34.7 Å². The molecule has 1 unspecified atom stereocenters. The van der Waals surface area contributed by atoms with Crippen LogP contribution in [0, 0.1) is 18.8 Å². The average Bonchev–Trinajstić information content (AvgIpc) is 3.09. The van der Waals surface area contributed by atoms with Crippen molar-refractivity contribution in [3.63, 3.8) is 0 Å². The zero-order valence-electron chi connectivity index (χ0n) is 15.5. The number of piperidine rings is 3. The summed E-state index contributed by atoms with van der Waals surface area (Å²) in [6.45, 7) is 6.15. The third-order valence-electron chi connectivity index (χ3n) is 5.83.